The van der Waals surface area contributed by atoms with Crippen LogP contribution in [0.25, 0.3) is 0 Å². The van der Waals surface area contributed by atoms with Gasteiger partial charge in [-0.2, -0.15) is 0 Å². The van der Waals surface area contributed by atoms with Crippen LogP contribution in [0.4, 0.5) is 0 Å². The Bertz CT molecular complexity index is 158. The first-order valence-corrected chi connectivity index (χ1v) is 5.89. The Kier molecular flexibility index (Phi) is 3.23. The monoisotopic (exact) mass is 182 g/mol. The van der Waals surface area contributed by atoms with Crippen molar-refractivity contribution in [1.29, 1.82) is 0 Å². The molecule has 1 N–H and O–H groups in total. The lowest BCUT2D eigenvalue weighted by atomic mass is 10.1. The number of unbranched alkanes of at least 4 members (excludes halogenated alkanes) is 1. The van der Waals surface area contributed by atoms with Crippen molar-refractivity contribution < 1.29 is 0 Å². The SMILES string of the molecule is CCCCN1CCN[C@@H]2CCC[C@H]21. The average molecular weight is 182 g/mol. The van der Waals surface area contributed by atoms with E-state index in [1.54, 1.807) is 0 Å². The van der Waals surface area contributed by atoms with Crippen LogP contribution >= 0.6 is 0 Å². The van der Waals surface area contributed by atoms with Crippen molar-refractivity contribution in [2.24, 2.45) is 0 Å². The standard InChI is InChI=1S/C11H22N2/c1-2-3-8-13-9-7-12-10-5-4-6-11(10)13/h10-12H,2-9H2,1H3/t10-,11-/m1/s1. The first-order valence-electron chi connectivity index (χ1n) is 5.89. The first-order chi connectivity index (χ1) is 6.42. The van der Waals surface area contributed by atoms with Crippen LogP contribution < -0.4 is 5.32 Å². The van der Waals surface area contributed by atoms with Crippen molar-refractivity contribution in [3.05, 3.63) is 0 Å². The molecule has 1 saturated carbocycles. The molecule has 0 amide bonds. The fourth-order valence-electron chi connectivity index (χ4n) is 2.81. The van der Waals surface area contributed by atoms with E-state index in [1.807, 2.05) is 0 Å². The van der Waals surface area contributed by atoms with Gasteiger partial charge in [0.05, 0.1) is 0 Å². The second-order valence-corrected chi connectivity index (χ2v) is 4.45. The zero-order chi connectivity index (χ0) is 9.10. The highest BCUT2D eigenvalue weighted by molar-refractivity contribution is 4.93. The fraction of sp³-hybridized carbons (Fsp3) is 1.00. The molecule has 2 aliphatic rings. The van der Waals surface area contributed by atoms with Crippen molar-refractivity contribution in [1.82, 2.24) is 10.2 Å². The smallest absolute Gasteiger partial charge is 0.0249 e. The molecule has 1 heterocycles. The second kappa shape index (κ2) is 4.43. The molecule has 2 atom stereocenters. The summed E-state index contributed by atoms with van der Waals surface area (Å²) in [6.07, 6.45) is 6.99. The molecule has 2 heteroatoms. The third kappa shape index (κ3) is 2.05. The summed E-state index contributed by atoms with van der Waals surface area (Å²) >= 11 is 0. The van der Waals surface area contributed by atoms with Gasteiger partial charge < -0.3 is 5.32 Å². The number of nitrogens with one attached hydrogen (secondary N) is 1. The summed E-state index contributed by atoms with van der Waals surface area (Å²) in [5.41, 5.74) is 0. The Morgan fingerprint density at radius 3 is 3.15 bits per heavy atom. The van der Waals surface area contributed by atoms with E-state index in [2.05, 4.69) is 17.1 Å². The van der Waals surface area contributed by atoms with Gasteiger partial charge in [0.2, 0.25) is 0 Å². The lowest BCUT2D eigenvalue weighted by Crippen LogP contribution is -2.55. The summed E-state index contributed by atoms with van der Waals surface area (Å²) in [5.74, 6) is 0. The van der Waals surface area contributed by atoms with Gasteiger partial charge in [0, 0.05) is 25.2 Å². The van der Waals surface area contributed by atoms with Crippen LogP contribution in [0.2, 0.25) is 0 Å². The van der Waals surface area contributed by atoms with Crippen LogP contribution in [0.1, 0.15) is 39.0 Å². The summed E-state index contributed by atoms with van der Waals surface area (Å²) in [6, 6.07) is 1.70. The summed E-state index contributed by atoms with van der Waals surface area (Å²) in [5, 5.41) is 3.65. The first kappa shape index (κ1) is 9.47. The van der Waals surface area contributed by atoms with Crippen molar-refractivity contribution in [3.63, 3.8) is 0 Å². The number of nitrogens with zero attached hydrogens (tertiary/aromatic N) is 1. The predicted molar refractivity (Wildman–Crippen MR) is 55.9 cm³/mol. The molecule has 0 aromatic carbocycles. The maximum Gasteiger partial charge on any atom is 0.0249 e. The van der Waals surface area contributed by atoms with Gasteiger partial charge >= 0.3 is 0 Å². The van der Waals surface area contributed by atoms with Gasteiger partial charge in [-0.1, -0.05) is 19.8 Å². The van der Waals surface area contributed by atoms with Gasteiger partial charge in [-0.3, -0.25) is 4.90 Å². The number of fused-ring (bicyclic) bond motifs is 1. The molecule has 1 aliphatic carbocycles. The quantitative estimate of drug-likeness (QED) is 0.713. The Balaban J connectivity index is 1.86. The molecule has 0 bridgehead atoms. The Labute approximate surface area is 81.7 Å². The Hall–Kier alpha value is -0.0800. The zero-order valence-corrected chi connectivity index (χ0v) is 8.76. The van der Waals surface area contributed by atoms with E-state index in [0.717, 1.165) is 12.1 Å². The molecular weight excluding hydrogens is 160 g/mol. The zero-order valence-electron chi connectivity index (χ0n) is 8.76. The largest absolute Gasteiger partial charge is 0.311 e. The minimum Gasteiger partial charge on any atom is -0.311 e. The summed E-state index contributed by atoms with van der Waals surface area (Å²) < 4.78 is 0. The van der Waals surface area contributed by atoms with E-state index >= 15 is 0 Å². The summed E-state index contributed by atoms with van der Waals surface area (Å²) in [6.45, 7) is 6.11. The normalized spacial score (nSPS) is 34.8. The van der Waals surface area contributed by atoms with Crippen LogP contribution in [0.3, 0.4) is 0 Å². The van der Waals surface area contributed by atoms with Crippen LogP contribution in [0.5, 0.6) is 0 Å². The molecule has 2 fully saturated rings. The molecule has 0 radical (unpaired) electrons. The van der Waals surface area contributed by atoms with Gasteiger partial charge in [0.1, 0.15) is 0 Å². The van der Waals surface area contributed by atoms with Gasteiger partial charge in [-0.05, 0) is 25.8 Å². The molecule has 0 aromatic heterocycles. The molecule has 76 valence electrons. The molecule has 0 aromatic rings. The van der Waals surface area contributed by atoms with Crippen LogP contribution in [0.15, 0.2) is 0 Å². The molecule has 1 saturated heterocycles. The molecule has 2 rings (SSSR count). The maximum atomic E-state index is 3.65. The molecule has 1 aliphatic heterocycles. The van der Waals surface area contributed by atoms with E-state index in [1.165, 1.54) is 51.7 Å². The molecule has 0 spiro atoms. The average Bonchev–Trinajstić information content (AvgIpc) is 2.62. The molecule has 0 unspecified atom stereocenters. The van der Waals surface area contributed by atoms with E-state index < -0.39 is 0 Å². The molecular formula is C11H22N2. The van der Waals surface area contributed by atoms with Crippen LogP contribution in [-0.4, -0.2) is 36.6 Å². The highest BCUT2D eigenvalue weighted by Gasteiger charge is 2.33. The van der Waals surface area contributed by atoms with Crippen molar-refractivity contribution in [3.8, 4) is 0 Å². The third-order valence-electron chi connectivity index (χ3n) is 3.55. The van der Waals surface area contributed by atoms with Gasteiger partial charge in [0.25, 0.3) is 0 Å². The summed E-state index contributed by atoms with van der Waals surface area (Å²) in [7, 11) is 0. The maximum absolute atomic E-state index is 3.65. The van der Waals surface area contributed by atoms with E-state index in [-0.39, 0.29) is 0 Å². The third-order valence-corrected chi connectivity index (χ3v) is 3.55. The lowest BCUT2D eigenvalue weighted by Gasteiger charge is -2.38. The number of hydrogen-bond acceptors (Lipinski definition) is 2. The fourth-order valence-corrected chi connectivity index (χ4v) is 2.81. The van der Waals surface area contributed by atoms with Crippen molar-refractivity contribution in [2.75, 3.05) is 19.6 Å². The molecule has 2 nitrogen and oxygen atoms in total. The second-order valence-electron chi connectivity index (χ2n) is 4.45. The molecule has 13 heavy (non-hydrogen) atoms. The van der Waals surface area contributed by atoms with Crippen LogP contribution in [-0.2, 0) is 0 Å². The number of rotatable bonds is 3. The predicted octanol–water partition coefficient (Wildman–Crippen LogP) is 1.61. The van der Waals surface area contributed by atoms with Gasteiger partial charge in [-0.15, -0.1) is 0 Å². The van der Waals surface area contributed by atoms with E-state index in [4.69, 9.17) is 0 Å². The highest BCUT2D eigenvalue weighted by atomic mass is 15.2. The highest BCUT2D eigenvalue weighted by Crippen LogP contribution is 2.26. The van der Waals surface area contributed by atoms with E-state index in [0.29, 0.717) is 0 Å². The Morgan fingerprint density at radius 2 is 2.31 bits per heavy atom. The van der Waals surface area contributed by atoms with Crippen LogP contribution in [0, 0.1) is 0 Å². The number of hydrogen-bond donors (Lipinski definition) is 1. The van der Waals surface area contributed by atoms with Gasteiger partial charge in [-0.25, -0.2) is 0 Å². The minimum absolute atomic E-state index is 0.825. The summed E-state index contributed by atoms with van der Waals surface area (Å²) in [4.78, 5) is 2.72. The van der Waals surface area contributed by atoms with Crippen molar-refractivity contribution >= 4 is 0 Å². The minimum atomic E-state index is 0.825. The lowest BCUT2D eigenvalue weighted by molar-refractivity contribution is 0.135. The topological polar surface area (TPSA) is 15.3 Å². The van der Waals surface area contributed by atoms with Crippen molar-refractivity contribution in [2.45, 2.75) is 51.1 Å². The Morgan fingerprint density at radius 1 is 1.38 bits per heavy atom. The van der Waals surface area contributed by atoms with Gasteiger partial charge in [0.15, 0.2) is 0 Å². The van der Waals surface area contributed by atoms with E-state index in [9.17, 15) is 0 Å². The number of piperazine rings is 1.